The predicted octanol–water partition coefficient (Wildman–Crippen LogP) is 2.83. The van der Waals surface area contributed by atoms with Crippen molar-refractivity contribution in [3.05, 3.63) is 54.3 Å². The van der Waals surface area contributed by atoms with E-state index >= 15 is 0 Å². The van der Waals surface area contributed by atoms with Gasteiger partial charge >= 0.3 is 0 Å². The van der Waals surface area contributed by atoms with Gasteiger partial charge in [-0.1, -0.05) is 6.07 Å². The maximum atomic E-state index is 13.0. The quantitative estimate of drug-likeness (QED) is 0.795. The lowest BCUT2D eigenvalue weighted by molar-refractivity contribution is -0.115. The topological polar surface area (TPSA) is 70.2 Å². The van der Waals surface area contributed by atoms with Crippen LogP contribution in [0, 0.1) is 5.82 Å². The smallest absolute Gasteiger partial charge is 0.243 e. The Morgan fingerprint density at radius 1 is 0.955 bits per heavy atom. The molecule has 0 aliphatic heterocycles. The molecule has 2 amide bonds. The van der Waals surface area contributed by atoms with E-state index in [1.165, 1.54) is 19.1 Å². The SMILES string of the molecule is CC(=O)Nc1ccc(NC(=O)CNc2cccc(F)c2)cc1. The molecule has 0 fully saturated rings. The van der Waals surface area contributed by atoms with Gasteiger partial charge in [-0.3, -0.25) is 9.59 Å². The fourth-order valence-electron chi connectivity index (χ4n) is 1.83. The van der Waals surface area contributed by atoms with Gasteiger partial charge in [0.1, 0.15) is 5.82 Å². The van der Waals surface area contributed by atoms with E-state index in [9.17, 15) is 14.0 Å². The lowest BCUT2D eigenvalue weighted by atomic mass is 10.2. The van der Waals surface area contributed by atoms with Crippen molar-refractivity contribution in [3.8, 4) is 0 Å². The van der Waals surface area contributed by atoms with E-state index in [0.29, 0.717) is 17.1 Å². The second-order valence-corrected chi connectivity index (χ2v) is 4.67. The number of carbonyl (C=O) groups excluding carboxylic acids is 2. The van der Waals surface area contributed by atoms with Crippen molar-refractivity contribution >= 4 is 28.9 Å². The number of nitrogens with one attached hydrogen (secondary N) is 3. The first-order chi connectivity index (χ1) is 10.5. The molecule has 2 aromatic carbocycles. The second-order valence-electron chi connectivity index (χ2n) is 4.67. The summed E-state index contributed by atoms with van der Waals surface area (Å²) in [4.78, 5) is 22.7. The maximum Gasteiger partial charge on any atom is 0.243 e. The highest BCUT2D eigenvalue weighted by molar-refractivity contribution is 5.94. The van der Waals surface area contributed by atoms with Crippen molar-refractivity contribution in [2.75, 3.05) is 22.5 Å². The van der Waals surface area contributed by atoms with Gasteiger partial charge in [-0.15, -0.1) is 0 Å². The number of hydrogen-bond donors (Lipinski definition) is 3. The summed E-state index contributed by atoms with van der Waals surface area (Å²) in [6.07, 6.45) is 0. The molecule has 3 N–H and O–H groups in total. The molecule has 2 aromatic rings. The van der Waals surface area contributed by atoms with Crippen LogP contribution in [0.3, 0.4) is 0 Å². The highest BCUT2D eigenvalue weighted by atomic mass is 19.1. The molecule has 0 bridgehead atoms. The molecule has 114 valence electrons. The third-order valence-corrected chi connectivity index (χ3v) is 2.77. The van der Waals surface area contributed by atoms with Gasteiger partial charge < -0.3 is 16.0 Å². The third-order valence-electron chi connectivity index (χ3n) is 2.77. The van der Waals surface area contributed by atoms with E-state index in [1.807, 2.05) is 0 Å². The molecule has 0 aromatic heterocycles. The van der Waals surface area contributed by atoms with Crippen LogP contribution >= 0.6 is 0 Å². The summed E-state index contributed by atoms with van der Waals surface area (Å²) in [6.45, 7) is 1.45. The van der Waals surface area contributed by atoms with Crippen molar-refractivity contribution in [1.82, 2.24) is 0 Å². The Kier molecular flexibility index (Phi) is 5.08. The Labute approximate surface area is 127 Å². The van der Waals surface area contributed by atoms with Crippen molar-refractivity contribution in [3.63, 3.8) is 0 Å². The van der Waals surface area contributed by atoms with Crippen molar-refractivity contribution in [2.24, 2.45) is 0 Å². The van der Waals surface area contributed by atoms with Crippen LogP contribution in [0.1, 0.15) is 6.92 Å². The zero-order valence-corrected chi connectivity index (χ0v) is 12.0. The zero-order valence-electron chi connectivity index (χ0n) is 12.0. The number of halogens is 1. The molecule has 22 heavy (non-hydrogen) atoms. The lowest BCUT2D eigenvalue weighted by Crippen LogP contribution is -2.21. The summed E-state index contributed by atoms with van der Waals surface area (Å²) in [5.74, 6) is -0.772. The largest absolute Gasteiger partial charge is 0.376 e. The summed E-state index contributed by atoms with van der Waals surface area (Å²) < 4.78 is 13.0. The number of benzene rings is 2. The molecular formula is C16H16FN3O2. The predicted molar refractivity (Wildman–Crippen MR) is 84.3 cm³/mol. The normalized spacial score (nSPS) is 9.91. The number of amides is 2. The summed E-state index contributed by atoms with van der Waals surface area (Å²) in [5, 5.41) is 8.17. The molecule has 6 heteroatoms. The molecule has 0 atom stereocenters. The van der Waals surface area contributed by atoms with Gasteiger partial charge in [0.25, 0.3) is 0 Å². The van der Waals surface area contributed by atoms with E-state index in [1.54, 1.807) is 36.4 Å². The van der Waals surface area contributed by atoms with Gasteiger partial charge in [-0.25, -0.2) is 4.39 Å². The number of hydrogen-bond acceptors (Lipinski definition) is 3. The van der Waals surface area contributed by atoms with E-state index in [-0.39, 0.29) is 24.2 Å². The van der Waals surface area contributed by atoms with Gasteiger partial charge in [0.2, 0.25) is 11.8 Å². The van der Waals surface area contributed by atoms with Crippen LogP contribution in [0.2, 0.25) is 0 Å². The summed E-state index contributed by atoms with van der Waals surface area (Å²) in [6, 6.07) is 12.6. The van der Waals surface area contributed by atoms with Crippen molar-refractivity contribution < 1.29 is 14.0 Å². The molecule has 0 saturated heterocycles. The van der Waals surface area contributed by atoms with Crippen LogP contribution in [0.4, 0.5) is 21.5 Å². The van der Waals surface area contributed by atoms with E-state index in [2.05, 4.69) is 16.0 Å². The summed E-state index contributed by atoms with van der Waals surface area (Å²) in [7, 11) is 0. The van der Waals surface area contributed by atoms with Crippen molar-refractivity contribution in [2.45, 2.75) is 6.92 Å². The summed E-state index contributed by atoms with van der Waals surface area (Å²) >= 11 is 0. The molecule has 0 saturated carbocycles. The van der Waals surface area contributed by atoms with Crippen LogP contribution < -0.4 is 16.0 Å². The minimum atomic E-state index is -0.362. The Hall–Kier alpha value is -2.89. The van der Waals surface area contributed by atoms with E-state index < -0.39 is 0 Å². The Bertz CT molecular complexity index is 671. The van der Waals surface area contributed by atoms with Crippen LogP contribution in [-0.4, -0.2) is 18.4 Å². The Balaban J connectivity index is 1.85. The van der Waals surface area contributed by atoms with Crippen LogP contribution in [0.25, 0.3) is 0 Å². The number of rotatable bonds is 5. The first kappa shape index (κ1) is 15.5. The molecule has 2 rings (SSSR count). The summed E-state index contributed by atoms with van der Waals surface area (Å²) in [5.41, 5.74) is 1.81. The van der Waals surface area contributed by atoms with Gasteiger partial charge in [-0.2, -0.15) is 0 Å². The maximum absolute atomic E-state index is 13.0. The van der Waals surface area contributed by atoms with E-state index in [0.717, 1.165) is 0 Å². The molecule has 5 nitrogen and oxygen atoms in total. The second kappa shape index (κ2) is 7.21. The van der Waals surface area contributed by atoms with Gasteiger partial charge in [0.05, 0.1) is 6.54 Å². The molecule has 0 radical (unpaired) electrons. The molecule has 0 aliphatic rings. The average Bonchev–Trinajstić information content (AvgIpc) is 2.47. The molecule has 0 unspecified atom stereocenters. The molecule has 0 aliphatic carbocycles. The first-order valence-electron chi connectivity index (χ1n) is 6.70. The van der Waals surface area contributed by atoms with E-state index in [4.69, 9.17) is 0 Å². The Morgan fingerprint density at radius 3 is 2.18 bits per heavy atom. The van der Waals surface area contributed by atoms with Gasteiger partial charge in [0, 0.05) is 24.0 Å². The molecule has 0 spiro atoms. The monoisotopic (exact) mass is 301 g/mol. The fourth-order valence-corrected chi connectivity index (χ4v) is 1.83. The lowest BCUT2D eigenvalue weighted by Gasteiger charge is -2.09. The van der Waals surface area contributed by atoms with Crippen LogP contribution in [0.5, 0.6) is 0 Å². The highest BCUT2D eigenvalue weighted by Gasteiger charge is 2.03. The standard InChI is InChI=1S/C16H16FN3O2/c1-11(21)19-13-5-7-14(8-6-13)20-16(22)10-18-15-4-2-3-12(17)9-15/h2-9,18H,10H2,1H3,(H,19,21)(H,20,22). The number of anilines is 3. The third kappa shape index (κ3) is 4.90. The zero-order chi connectivity index (χ0) is 15.9. The highest BCUT2D eigenvalue weighted by Crippen LogP contribution is 2.13. The minimum absolute atomic E-state index is 0.0247. The first-order valence-corrected chi connectivity index (χ1v) is 6.70. The van der Waals surface area contributed by atoms with Crippen LogP contribution in [-0.2, 0) is 9.59 Å². The fraction of sp³-hybridized carbons (Fsp3) is 0.125. The minimum Gasteiger partial charge on any atom is -0.376 e. The van der Waals surface area contributed by atoms with Gasteiger partial charge in [-0.05, 0) is 42.5 Å². The molecule has 0 heterocycles. The van der Waals surface area contributed by atoms with Crippen molar-refractivity contribution in [1.29, 1.82) is 0 Å². The average molecular weight is 301 g/mol. The molecular weight excluding hydrogens is 285 g/mol. The van der Waals surface area contributed by atoms with Gasteiger partial charge in [0.15, 0.2) is 0 Å². The van der Waals surface area contributed by atoms with Crippen LogP contribution in [0.15, 0.2) is 48.5 Å². The Morgan fingerprint density at radius 2 is 1.59 bits per heavy atom. The number of carbonyl (C=O) groups is 2.